The Morgan fingerprint density at radius 2 is 1.43 bits per heavy atom. The largest absolute Gasteiger partial charge is 0.325 e. The first-order valence-electron chi connectivity index (χ1n) is 8.84. The summed E-state index contributed by atoms with van der Waals surface area (Å²) >= 11 is 0. The lowest BCUT2D eigenvalue weighted by molar-refractivity contribution is -0.119. The van der Waals surface area contributed by atoms with Gasteiger partial charge in [-0.3, -0.25) is 4.79 Å². The second-order valence-electron chi connectivity index (χ2n) is 6.54. The van der Waals surface area contributed by atoms with E-state index in [9.17, 15) is 18.0 Å². The molecule has 1 heterocycles. The molecular weight excluding hydrogens is 380 g/mol. The molecule has 0 saturated carbocycles. The van der Waals surface area contributed by atoms with Gasteiger partial charge in [-0.05, 0) is 49.2 Å². The van der Waals surface area contributed by atoms with Crippen molar-refractivity contribution in [3.8, 4) is 0 Å². The molecule has 0 spiro atoms. The highest BCUT2D eigenvalue weighted by Gasteiger charge is 2.36. The highest BCUT2D eigenvalue weighted by Crippen LogP contribution is 2.22. The minimum absolute atomic E-state index is 0.356. The third-order valence-corrected chi connectivity index (χ3v) is 5.66. The lowest BCUT2D eigenvalue weighted by Crippen LogP contribution is -2.42. The molecule has 28 heavy (non-hydrogen) atoms. The van der Waals surface area contributed by atoms with Crippen molar-refractivity contribution in [3.05, 3.63) is 54.6 Å². The van der Waals surface area contributed by atoms with Crippen molar-refractivity contribution in [2.24, 2.45) is 0 Å². The first kappa shape index (κ1) is 19.8. The van der Waals surface area contributed by atoms with Gasteiger partial charge < -0.3 is 16.0 Å². The van der Waals surface area contributed by atoms with Gasteiger partial charge in [0.05, 0.1) is 6.26 Å². The van der Waals surface area contributed by atoms with Crippen LogP contribution in [-0.2, 0) is 14.8 Å². The van der Waals surface area contributed by atoms with Gasteiger partial charge in [0.25, 0.3) is 0 Å². The summed E-state index contributed by atoms with van der Waals surface area (Å²) in [7, 11) is -3.42. The van der Waals surface area contributed by atoms with Crippen molar-refractivity contribution in [3.63, 3.8) is 0 Å². The number of para-hydroxylation sites is 1. The molecule has 1 saturated heterocycles. The zero-order chi connectivity index (χ0) is 20.1. The molecule has 9 heteroatoms. The minimum atomic E-state index is -3.42. The zero-order valence-corrected chi connectivity index (χ0v) is 16.2. The SMILES string of the molecule is CS(=O)(=O)N1CCCC1C(=O)Nc1ccc(NC(=O)Nc2ccccc2)cc1. The molecule has 148 valence electrons. The van der Waals surface area contributed by atoms with Crippen LogP contribution in [-0.4, -0.2) is 43.5 Å². The van der Waals surface area contributed by atoms with Crippen LogP contribution < -0.4 is 16.0 Å². The molecule has 0 bridgehead atoms. The fourth-order valence-corrected chi connectivity index (χ4v) is 4.20. The number of anilines is 3. The number of nitrogens with zero attached hydrogens (tertiary/aromatic N) is 1. The van der Waals surface area contributed by atoms with Crippen LogP contribution in [0.5, 0.6) is 0 Å². The van der Waals surface area contributed by atoms with Crippen LogP contribution in [0.1, 0.15) is 12.8 Å². The molecule has 3 amide bonds. The molecule has 2 aromatic rings. The predicted octanol–water partition coefficient (Wildman–Crippen LogP) is 2.69. The van der Waals surface area contributed by atoms with Gasteiger partial charge in [0.15, 0.2) is 0 Å². The third-order valence-electron chi connectivity index (χ3n) is 4.37. The van der Waals surface area contributed by atoms with Crippen molar-refractivity contribution < 1.29 is 18.0 Å². The van der Waals surface area contributed by atoms with Gasteiger partial charge in [-0.25, -0.2) is 13.2 Å². The smallest absolute Gasteiger partial charge is 0.323 e. The minimum Gasteiger partial charge on any atom is -0.325 e. The molecule has 3 N–H and O–H groups in total. The van der Waals surface area contributed by atoms with Crippen molar-refractivity contribution >= 4 is 39.0 Å². The van der Waals surface area contributed by atoms with E-state index in [4.69, 9.17) is 0 Å². The van der Waals surface area contributed by atoms with Crippen LogP contribution in [0.2, 0.25) is 0 Å². The van der Waals surface area contributed by atoms with Crippen LogP contribution >= 0.6 is 0 Å². The topological polar surface area (TPSA) is 108 Å². The standard InChI is InChI=1S/C19H22N4O4S/c1-28(26,27)23-13-5-8-17(23)18(24)20-15-9-11-16(12-10-15)22-19(25)21-14-6-3-2-4-7-14/h2-4,6-7,9-12,17H,5,8,13H2,1H3,(H,20,24)(H2,21,22,25). The Kier molecular flexibility index (Phi) is 5.96. The molecule has 2 aromatic carbocycles. The summed E-state index contributed by atoms with van der Waals surface area (Å²) in [6.45, 7) is 0.357. The molecule has 0 radical (unpaired) electrons. The number of amides is 3. The van der Waals surface area contributed by atoms with Crippen LogP contribution in [0.4, 0.5) is 21.9 Å². The fourth-order valence-electron chi connectivity index (χ4n) is 3.08. The van der Waals surface area contributed by atoms with E-state index in [1.807, 2.05) is 18.2 Å². The van der Waals surface area contributed by atoms with E-state index in [1.165, 1.54) is 4.31 Å². The second-order valence-corrected chi connectivity index (χ2v) is 8.48. The van der Waals surface area contributed by atoms with E-state index in [2.05, 4.69) is 16.0 Å². The van der Waals surface area contributed by atoms with Gasteiger partial charge in [-0.15, -0.1) is 0 Å². The van der Waals surface area contributed by atoms with Crippen LogP contribution in [0.3, 0.4) is 0 Å². The summed E-state index contributed by atoms with van der Waals surface area (Å²) in [5.74, 6) is -0.356. The number of sulfonamides is 1. The molecule has 1 unspecified atom stereocenters. The summed E-state index contributed by atoms with van der Waals surface area (Å²) in [6, 6.07) is 14.6. The number of carbonyl (C=O) groups is 2. The first-order chi connectivity index (χ1) is 13.3. The Bertz CT molecular complexity index is 946. The molecule has 1 fully saturated rings. The maximum absolute atomic E-state index is 12.4. The fraction of sp³-hybridized carbons (Fsp3) is 0.263. The van der Waals surface area contributed by atoms with Gasteiger partial charge in [-0.2, -0.15) is 4.31 Å². The van der Waals surface area contributed by atoms with Gasteiger partial charge >= 0.3 is 6.03 Å². The average Bonchev–Trinajstić information content (AvgIpc) is 3.14. The second kappa shape index (κ2) is 8.41. The van der Waals surface area contributed by atoms with E-state index in [1.54, 1.807) is 36.4 Å². The van der Waals surface area contributed by atoms with Crippen molar-refractivity contribution in [2.45, 2.75) is 18.9 Å². The zero-order valence-electron chi connectivity index (χ0n) is 15.4. The summed E-state index contributed by atoms with van der Waals surface area (Å²) in [4.78, 5) is 24.4. The molecule has 1 atom stereocenters. The van der Waals surface area contributed by atoms with Crippen LogP contribution in [0, 0.1) is 0 Å². The highest BCUT2D eigenvalue weighted by molar-refractivity contribution is 7.88. The Morgan fingerprint density at radius 3 is 2.00 bits per heavy atom. The quantitative estimate of drug-likeness (QED) is 0.715. The highest BCUT2D eigenvalue weighted by atomic mass is 32.2. The normalized spacial score (nSPS) is 17.1. The Labute approximate surface area is 164 Å². The number of rotatable bonds is 5. The number of urea groups is 1. The Hall–Kier alpha value is -2.91. The lowest BCUT2D eigenvalue weighted by Gasteiger charge is -2.21. The van der Waals surface area contributed by atoms with Gasteiger partial charge in [0.1, 0.15) is 6.04 Å². The molecule has 1 aliphatic rings. The van der Waals surface area contributed by atoms with Crippen molar-refractivity contribution in [1.82, 2.24) is 4.31 Å². The molecular formula is C19H22N4O4S. The molecule has 0 aromatic heterocycles. The predicted molar refractivity (Wildman–Crippen MR) is 109 cm³/mol. The van der Waals surface area contributed by atoms with E-state index in [0.717, 1.165) is 6.26 Å². The van der Waals surface area contributed by atoms with E-state index < -0.39 is 16.1 Å². The Morgan fingerprint density at radius 1 is 0.893 bits per heavy atom. The Balaban J connectivity index is 1.57. The monoisotopic (exact) mass is 402 g/mol. The number of carbonyl (C=O) groups excluding carboxylic acids is 2. The summed E-state index contributed by atoms with van der Waals surface area (Å²) < 4.78 is 24.8. The summed E-state index contributed by atoms with van der Waals surface area (Å²) in [6.07, 6.45) is 2.27. The average molecular weight is 402 g/mol. The van der Waals surface area contributed by atoms with Crippen LogP contribution in [0.15, 0.2) is 54.6 Å². The molecule has 1 aliphatic heterocycles. The maximum atomic E-state index is 12.4. The molecule has 3 rings (SSSR count). The summed E-state index contributed by atoms with van der Waals surface area (Å²) in [5, 5.41) is 8.15. The summed E-state index contributed by atoms with van der Waals surface area (Å²) in [5.41, 5.74) is 1.76. The van der Waals surface area contributed by atoms with Gasteiger partial charge in [-0.1, -0.05) is 18.2 Å². The van der Waals surface area contributed by atoms with Crippen LogP contribution in [0.25, 0.3) is 0 Å². The first-order valence-corrected chi connectivity index (χ1v) is 10.7. The molecule has 0 aliphatic carbocycles. The van der Waals surface area contributed by atoms with Crippen molar-refractivity contribution in [1.29, 1.82) is 0 Å². The van der Waals surface area contributed by atoms with E-state index >= 15 is 0 Å². The number of benzene rings is 2. The molecule has 8 nitrogen and oxygen atoms in total. The van der Waals surface area contributed by atoms with Gasteiger partial charge in [0, 0.05) is 23.6 Å². The maximum Gasteiger partial charge on any atom is 0.323 e. The third kappa shape index (κ3) is 5.08. The van der Waals surface area contributed by atoms with E-state index in [0.29, 0.717) is 36.4 Å². The lowest BCUT2D eigenvalue weighted by atomic mass is 10.2. The number of hydrogen-bond donors (Lipinski definition) is 3. The van der Waals surface area contributed by atoms with Gasteiger partial charge in [0.2, 0.25) is 15.9 Å². The number of nitrogens with one attached hydrogen (secondary N) is 3. The number of hydrogen-bond acceptors (Lipinski definition) is 4. The van der Waals surface area contributed by atoms with E-state index in [-0.39, 0.29) is 11.9 Å². The van der Waals surface area contributed by atoms with Crippen molar-refractivity contribution in [2.75, 3.05) is 28.8 Å².